The van der Waals surface area contributed by atoms with Crippen molar-refractivity contribution < 1.29 is 14.2 Å². The van der Waals surface area contributed by atoms with Gasteiger partial charge in [-0.15, -0.1) is 11.8 Å². The number of fused-ring (bicyclic) bond motifs is 1. The molecule has 21 heavy (non-hydrogen) atoms. The SMILES string of the molecule is C[C@@H](O)c1ccc(OCC2Cc3ccccc3S2)cc1F. The molecule has 0 amide bonds. The minimum Gasteiger partial charge on any atom is -0.492 e. The van der Waals surface area contributed by atoms with Gasteiger partial charge in [0.05, 0.1) is 6.10 Å². The Hall–Kier alpha value is -1.52. The first-order valence-electron chi connectivity index (χ1n) is 6.98. The Morgan fingerprint density at radius 2 is 2.14 bits per heavy atom. The van der Waals surface area contributed by atoms with E-state index in [4.69, 9.17) is 4.74 Å². The van der Waals surface area contributed by atoms with E-state index in [1.54, 1.807) is 19.1 Å². The van der Waals surface area contributed by atoms with E-state index in [1.807, 2.05) is 23.9 Å². The largest absolute Gasteiger partial charge is 0.492 e. The van der Waals surface area contributed by atoms with Crippen LogP contribution in [-0.2, 0) is 6.42 Å². The van der Waals surface area contributed by atoms with Crippen molar-refractivity contribution >= 4 is 11.8 Å². The molecule has 1 heterocycles. The van der Waals surface area contributed by atoms with Crippen LogP contribution >= 0.6 is 11.8 Å². The predicted molar refractivity (Wildman–Crippen MR) is 82.3 cm³/mol. The van der Waals surface area contributed by atoms with E-state index in [-0.39, 0.29) is 0 Å². The molecule has 0 spiro atoms. The average molecular weight is 304 g/mol. The number of hydrogen-bond acceptors (Lipinski definition) is 3. The highest BCUT2D eigenvalue weighted by atomic mass is 32.2. The molecule has 0 fully saturated rings. The number of aliphatic hydroxyl groups excluding tert-OH is 1. The number of ether oxygens (including phenoxy) is 1. The predicted octanol–water partition coefficient (Wildman–Crippen LogP) is 3.97. The van der Waals surface area contributed by atoms with Crippen molar-refractivity contribution in [2.45, 2.75) is 29.6 Å². The van der Waals surface area contributed by atoms with E-state index >= 15 is 0 Å². The molecule has 0 aromatic heterocycles. The highest BCUT2D eigenvalue weighted by molar-refractivity contribution is 8.00. The van der Waals surface area contributed by atoms with Crippen LogP contribution in [0.4, 0.5) is 4.39 Å². The van der Waals surface area contributed by atoms with Crippen LogP contribution in [-0.4, -0.2) is 17.0 Å². The summed E-state index contributed by atoms with van der Waals surface area (Å²) in [6.45, 7) is 2.10. The van der Waals surface area contributed by atoms with E-state index in [2.05, 4.69) is 12.1 Å². The van der Waals surface area contributed by atoms with Gasteiger partial charge in [0.2, 0.25) is 0 Å². The molecule has 1 aliphatic rings. The molecule has 2 atom stereocenters. The van der Waals surface area contributed by atoms with Crippen LogP contribution in [0.1, 0.15) is 24.2 Å². The van der Waals surface area contributed by atoms with E-state index < -0.39 is 11.9 Å². The Morgan fingerprint density at radius 1 is 1.33 bits per heavy atom. The zero-order chi connectivity index (χ0) is 14.8. The Balaban J connectivity index is 1.61. The lowest BCUT2D eigenvalue weighted by atomic mass is 10.1. The molecule has 0 radical (unpaired) electrons. The van der Waals surface area contributed by atoms with E-state index in [9.17, 15) is 9.50 Å². The summed E-state index contributed by atoms with van der Waals surface area (Å²) in [7, 11) is 0. The highest BCUT2D eigenvalue weighted by Crippen LogP contribution is 2.37. The summed E-state index contributed by atoms with van der Waals surface area (Å²) >= 11 is 1.81. The molecular formula is C17H17FO2S. The van der Waals surface area contributed by atoms with Crippen molar-refractivity contribution in [1.29, 1.82) is 0 Å². The summed E-state index contributed by atoms with van der Waals surface area (Å²) in [5.74, 6) is 0.0818. The Kier molecular flexibility index (Phi) is 4.17. The number of thioether (sulfide) groups is 1. The molecule has 2 aromatic carbocycles. The lowest BCUT2D eigenvalue weighted by molar-refractivity contribution is 0.194. The van der Waals surface area contributed by atoms with Gasteiger partial charge in [-0.05, 0) is 37.1 Å². The van der Waals surface area contributed by atoms with Gasteiger partial charge in [-0.3, -0.25) is 0 Å². The first-order chi connectivity index (χ1) is 10.1. The van der Waals surface area contributed by atoms with Crippen molar-refractivity contribution in [3.63, 3.8) is 0 Å². The lowest BCUT2D eigenvalue weighted by Crippen LogP contribution is -2.13. The van der Waals surface area contributed by atoms with Gasteiger partial charge in [-0.2, -0.15) is 0 Å². The second-order valence-corrected chi connectivity index (χ2v) is 6.56. The molecule has 1 unspecified atom stereocenters. The van der Waals surface area contributed by atoms with Crippen LogP contribution in [0, 0.1) is 5.82 Å². The van der Waals surface area contributed by atoms with Crippen molar-refractivity contribution in [2.24, 2.45) is 0 Å². The third kappa shape index (κ3) is 3.22. The van der Waals surface area contributed by atoms with Gasteiger partial charge in [0, 0.05) is 21.8 Å². The van der Waals surface area contributed by atoms with Gasteiger partial charge in [0.1, 0.15) is 18.2 Å². The Labute approximate surface area is 128 Å². The lowest BCUT2D eigenvalue weighted by Gasteiger charge is -2.12. The molecule has 2 aromatic rings. The molecule has 2 nitrogen and oxygen atoms in total. The summed E-state index contributed by atoms with van der Waals surface area (Å²) in [4.78, 5) is 1.31. The maximum Gasteiger partial charge on any atom is 0.132 e. The first kappa shape index (κ1) is 14.4. The maximum absolute atomic E-state index is 13.8. The van der Waals surface area contributed by atoms with Crippen molar-refractivity contribution in [2.75, 3.05) is 6.61 Å². The molecule has 1 aliphatic heterocycles. The van der Waals surface area contributed by atoms with E-state index in [0.29, 0.717) is 23.2 Å². The molecule has 1 N–H and O–H groups in total. The summed E-state index contributed by atoms with van der Waals surface area (Å²) < 4.78 is 19.5. The van der Waals surface area contributed by atoms with Crippen molar-refractivity contribution in [1.82, 2.24) is 0 Å². The normalized spacial score (nSPS) is 18.3. The summed E-state index contributed by atoms with van der Waals surface area (Å²) in [6.07, 6.45) is 0.175. The fourth-order valence-corrected chi connectivity index (χ4v) is 3.69. The third-order valence-electron chi connectivity index (χ3n) is 3.57. The fraction of sp³-hybridized carbons (Fsp3) is 0.294. The Morgan fingerprint density at radius 3 is 2.86 bits per heavy atom. The number of aliphatic hydroxyl groups is 1. The van der Waals surface area contributed by atoms with Crippen LogP contribution in [0.15, 0.2) is 47.4 Å². The molecule has 0 bridgehead atoms. The van der Waals surface area contributed by atoms with Gasteiger partial charge < -0.3 is 9.84 Å². The van der Waals surface area contributed by atoms with Crippen LogP contribution in [0.3, 0.4) is 0 Å². The van der Waals surface area contributed by atoms with Crippen LogP contribution in [0.2, 0.25) is 0 Å². The van der Waals surface area contributed by atoms with Gasteiger partial charge in [0.25, 0.3) is 0 Å². The zero-order valence-electron chi connectivity index (χ0n) is 11.8. The zero-order valence-corrected chi connectivity index (χ0v) is 12.6. The summed E-state index contributed by atoms with van der Waals surface area (Å²) in [5.41, 5.74) is 1.65. The molecule has 4 heteroatoms. The molecule has 0 saturated heterocycles. The summed E-state index contributed by atoms with van der Waals surface area (Å²) in [6, 6.07) is 13.0. The molecule has 0 aliphatic carbocycles. The van der Waals surface area contributed by atoms with Crippen LogP contribution < -0.4 is 4.74 Å². The first-order valence-corrected chi connectivity index (χ1v) is 7.86. The summed E-state index contributed by atoms with van der Waals surface area (Å²) in [5, 5.41) is 9.78. The van der Waals surface area contributed by atoms with Gasteiger partial charge in [-0.1, -0.05) is 18.2 Å². The van der Waals surface area contributed by atoms with Crippen molar-refractivity contribution in [3.8, 4) is 5.75 Å². The number of benzene rings is 2. The minimum atomic E-state index is -0.807. The van der Waals surface area contributed by atoms with Gasteiger partial charge in [0.15, 0.2) is 0 Å². The maximum atomic E-state index is 13.8. The highest BCUT2D eigenvalue weighted by Gasteiger charge is 2.22. The molecule has 110 valence electrons. The topological polar surface area (TPSA) is 29.5 Å². The van der Waals surface area contributed by atoms with Gasteiger partial charge >= 0.3 is 0 Å². The molecular weight excluding hydrogens is 287 g/mol. The number of rotatable bonds is 4. The smallest absolute Gasteiger partial charge is 0.132 e. The second kappa shape index (κ2) is 6.08. The monoisotopic (exact) mass is 304 g/mol. The van der Waals surface area contributed by atoms with Crippen LogP contribution in [0.25, 0.3) is 0 Å². The van der Waals surface area contributed by atoms with Crippen LogP contribution in [0.5, 0.6) is 5.75 Å². The fourth-order valence-electron chi connectivity index (χ4n) is 2.47. The second-order valence-electron chi connectivity index (χ2n) is 5.22. The van der Waals surface area contributed by atoms with E-state index in [1.165, 1.54) is 16.5 Å². The number of hydrogen-bond donors (Lipinski definition) is 1. The minimum absolute atomic E-state index is 0.296. The number of halogens is 1. The standard InChI is InChI=1S/C17H17FO2S/c1-11(19)15-7-6-13(9-16(15)18)20-10-14-8-12-4-2-3-5-17(12)21-14/h2-7,9,11,14,19H,8,10H2,1H3/t11-,14?/m1/s1. The third-order valence-corrected chi connectivity index (χ3v) is 4.86. The average Bonchev–Trinajstić information content (AvgIpc) is 2.87. The molecule has 0 saturated carbocycles. The molecule has 3 rings (SSSR count). The van der Waals surface area contributed by atoms with Gasteiger partial charge in [-0.25, -0.2) is 4.39 Å². The quantitative estimate of drug-likeness (QED) is 0.926. The van der Waals surface area contributed by atoms with Crippen molar-refractivity contribution in [3.05, 3.63) is 59.4 Å². The van der Waals surface area contributed by atoms with E-state index in [0.717, 1.165) is 6.42 Å². The Bertz CT molecular complexity index is 617.